The van der Waals surface area contributed by atoms with Gasteiger partial charge in [0.1, 0.15) is 0 Å². The first-order valence-electron chi connectivity index (χ1n) is 8.09. The van der Waals surface area contributed by atoms with Gasteiger partial charge >= 0.3 is 7.12 Å². The van der Waals surface area contributed by atoms with Crippen molar-refractivity contribution in [3.8, 4) is 0 Å². The van der Waals surface area contributed by atoms with E-state index in [1.165, 1.54) is 0 Å². The van der Waals surface area contributed by atoms with Gasteiger partial charge in [-0.3, -0.25) is 4.57 Å². The third-order valence-electron chi connectivity index (χ3n) is 4.92. The number of hydrogen-bond acceptors (Lipinski definition) is 3. The van der Waals surface area contributed by atoms with Crippen LogP contribution < -0.4 is 16.1 Å². The van der Waals surface area contributed by atoms with Crippen LogP contribution in [0.2, 0.25) is 5.02 Å². The third kappa shape index (κ3) is 3.32. The molecule has 1 N–H and O–H groups in total. The fourth-order valence-corrected chi connectivity index (χ4v) is 4.70. The Bertz CT molecular complexity index is 836. The van der Waals surface area contributed by atoms with E-state index in [0.29, 0.717) is 10.8 Å². The quantitative estimate of drug-likeness (QED) is 0.659. The largest absolute Gasteiger partial charge is 0.494 e. The Balaban J connectivity index is 1.98. The minimum Gasteiger partial charge on any atom is -0.399 e. The summed E-state index contributed by atoms with van der Waals surface area (Å²) in [7, 11) is -4.40. The summed E-state index contributed by atoms with van der Waals surface area (Å²) in [5.74, 6) is 0. The van der Waals surface area contributed by atoms with Crippen molar-refractivity contribution < 1.29 is 18.8 Å². The van der Waals surface area contributed by atoms with E-state index in [4.69, 9.17) is 20.9 Å². The molecule has 2 aromatic carbocycles. The molecule has 1 fully saturated rings. The van der Waals surface area contributed by atoms with Gasteiger partial charge in [-0.1, -0.05) is 35.9 Å². The predicted molar refractivity (Wildman–Crippen MR) is 103 cm³/mol. The first-order chi connectivity index (χ1) is 11.5. The van der Waals surface area contributed by atoms with Crippen LogP contribution >= 0.6 is 19.0 Å². The number of hydrogen-bond donors (Lipinski definition) is 1. The van der Waals surface area contributed by atoms with E-state index < -0.39 is 25.7 Å². The fourth-order valence-electron chi connectivity index (χ4n) is 2.68. The molecule has 0 saturated carbocycles. The van der Waals surface area contributed by atoms with Crippen LogP contribution in [-0.2, 0) is 13.9 Å². The van der Waals surface area contributed by atoms with Gasteiger partial charge in [-0.15, -0.1) is 0 Å². The molecule has 2 aromatic rings. The zero-order chi connectivity index (χ0) is 18.5. The molecule has 3 rings (SSSR count). The molecule has 132 valence electrons. The Morgan fingerprint density at radius 1 is 1.00 bits per heavy atom. The lowest BCUT2D eigenvalue weighted by Gasteiger charge is -2.32. The van der Waals surface area contributed by atoms with Gasteiger partial charge in [0.2, 0.25) is 0 Å². The van der Waals surface area contributed by atoms with E-state index in [1.807, 2.05) is 33.8 Å². The summed E-state index contributed by atoms with van der Waals surface area (Å²) in [5.41, 5.74) is -0.240. The molecule has 4 nitrogen and oxygen atoms in total. The van der Waals surface area contributed by atoms with E-state index in [9.17, 15) is 9.46 Å². The van der Waals surface area contributed by atoms with Gasteiger partial charge in [0.25, 0.3) is 7.37 Å². The van der Waals surface area contributed by atoms with E-state index in [0.717, 1.165) is 0 Å². The molecule has 0 amide bonds. The maximum absolute atomic E-state index is 13.0. The van der Waals surface area contributed by atoms with Gasteiger partial charge in [-0.05, 0) is 57.4 Å². The van der Waals surface area contributed by atoms with Crippen molar-refractivity contribution in [2.45, 2.75) is 38.9 Å². The molecule has 0 radical (unpaired) electrons. The Morgan fingerprint density at radius 2 is 1.60 bits per heavy atom. The normalized spacial score (nSPS) is 21.1. The van der Waals surface area contributed by atoms with E-state index in [2.05, 4.69) is 0 Å². The Labute approximate surface area is 153 Å². The van der Waals surface area contributed by atoms with Gasteiger partial charge in [-0.25, -0.2) is 0 Å². The topological polar surface area (TPSA) is 55.8 Å². The van der Waals surface area contributed by atoms with Crippen molar-refractivity contribution >= 4 is 42.2 Å². The molecular formula is C18H21BClO4P. The van der Waals surface area contributed by atoms with Crippen molar-refractivity contribution in [1.29, 1.82) is 0 Å². The molecule has 1 heterocycles. The van der Waals surface area contributed by atoms with E-state index in [-0.39, 0.29) is 10.3 Å². The van der Waals surface area contributed by atoms with Crippen LogP contribution in [0.4, 0.5) is 0 Å². The van der Waals surface area contributed by atoms with Gasteiger partial charge in [0.15, 0.2) is 0 Å². The second-order valence-corrected chi connectivity index (χ2v) is 9.77. The van der Waals surface area contributed by atoms with Gasteiger partial charge in [0.05, 0.1) is 21.5 Å². The van der Waals surface area contributed by atoms with Crippen molar-refractivity contribution in [1.82, 2.24) is 0 Å². The molecule has 0 aliphatic carbocycles. The summed E-state index contributed by atoms with van der Waals surface area (Å²) in [6.07, 6.45) is 0. The van der Waals surface area contributed by atoms with Crippen LogP contribution in [0.3, 0.4) is 0 Å². The predicted octanol–water partition coefficient (Wildman–Crippen LogP) is 2.86. The van der Waals surface area contributed by atoms with Crippen molar-refractivity contribution in [3.63, 3.8) is 0 Å². The van der Waals surface area contributed by atoms with Gasteiger partial charge in [0, 0.05) is 5.30 Å². The van der Waals surface area contributed by atoms with Crippen molar-refractivity contribution in [3.05, 3.63) is 53.6 Å². The molecule has 0 spiro atoms. The zero-order valence-corrected chi connectivity index (χ0v) is 16.3. The van der Waals surface area contributed by atoms with Gasteiger partial charge < -0.3 is 14.2 Å². The number of rotatable bonds is 3. The summed E-state index contributed by atoms with van der Waals surface area (Å²) in [4.78, 5) is 10.7. The SMILES string of the molecule is CC1(C)OB(c2cccc(P(=O)(O)c3ccccc3Cl)c2)OC1(C)C. The smallest absolute Gasteiger partial charge is 0.399 e. The molecule has 25 heavy (non-hydrogen) atoms. The number of halogens is 1. The third-order valence-corrected chi connectivity index (χ3v) is 7.41. The number of benzene rings is 2. The van der Waals surface area contributed by atoms with Crippen LogP contribution in [0, 0.1) is 0 Å². The van der Waals surface area contributed by atoms with Crippen LogP contribution in [0.1, 0.15) is 27.7 Å². The maximum Gasteiger partial charge on any atom is 0.494 e. The Kier molecular flexibility index (Phi) is 4.68. The molecule has 7 heteroatoms. The van der Waals surface area contributed by atoms with Crippen LogP contribution in [0.15, 0.2) is 48.5 Å². The highest BCUT2D eigenvalue weighted by Crippen LogP contribution is 2.41. The average Bonchev–Trinajstić information content (AvgIpc) is 2.76. The Hall–Kier alpha value is -1.10. The minimum absolute atomic E-state index is 0.225. The monoisotopic (exact) mass is 378 g/mol. The molecule has 0 aromatic heterocycles. The van der Waals surface area contributed by atoms with E-state index in [1.54, 1.807) is 42.5 Å². The molecule has 1 saturated heterocycles. The highest BCUT2D eigenvalue weighted by atomic mass is 35.5. The summed E-state index contributed by atoms with van der Waals surface area (Å²) in [6, 6.07) is 13.5. The lowest BCUT2D eigenvalue weighted by molar-refractivity contribution is 0.00578. The van der Waals surface area contributed by atoms with Crippen molar-refractivity contribution in [2.24, 2.45) is 0 Å². The van der Waals surface area contributed by atoms with E-state index >= 15 is 0 Å². The Morgan fingerprint density at radius 3 is 2.20 bits per heavy atom. The molecule has 1 aliphatic rings. The second kappa shape index (κ2) is 6.26. The van der Waals surface area contributed by atoms with Crippen LogP contribution in [0.25, 0.3) is 0 Å². The summed E-state index contributed by atoms with van der Waals surface area (Å²) < 4.78 is 25.1. The van der Waals surface area contributed by atoms with Crippen LogP contribution in [-0.4, -0.2) is 23.2 Å². The molecule has 0 bridgehead atoms. The lowest BCUT2D eigenvalue weighted by atomic mass is 9.79. The highest BCUT2D eigenvalue weighted by Gasteiger charge is 2.51. The first kappa shape index (κ1) is 18.7. The summed E-state index contributed by atoms with van der Waals surface area (Å²) in [6.45, 7) is 7.88. The summed E-state index contributed by atoms with van der Waals surface area (Å²) >= 11 is 6.12. The minimum atomic E-state index is -3.81. The average molecular weight is 379 g/mol. The molecule has 1 atom stereocenters. The summed E-state index contributed by atoms with van der Waals surface area (Å²) in [5, 5.41) is 0.796. The van der Waals surface area contributed by atoms with Crippen LogP contribution in [0.5, 0.6) is 0 Å². The lowest BCUT2D eigenvalue weighted by Crippen LogP contribution is -2.41. The first-order valence-corrected chi connectivity index (χ1v) is 10.1. The van der Waals surface area contributed by atoms with Gasteiger partial charge in [-0.2, -0.15) is 0 Å². The zero-order valence-electron chi connectivity index (χ0n) is 14.7. The standard InChI is InChI=1S/C18H21BClO4P/c1-17(2)18(3,4)24-19(23-17)13-8-7-9-14(12-13)25(21,22)16-11-6-5-10-15(16)20/h5-12H,1-4H3,(H,21,22). The fraction of sp³-hybridized carbons (Fsp3) is 0.333. The molecule has 1 aliphatic heterocycles. The second-order valence-electron chi connectivity index (χ2n) is 7.21. The molecular weight excluding hydrogens is 357 g/mol. The van der Waals surface area contributed by atoms with Crippen molar-refractivity contribution in [2.75, 3.05) is 0 Å². The highest BCUT2D eigenvalue weighted by molar-refractivity contribution is 7.73. The maximum atomic E-state index is 13.0. The molecule has 1 unspecified atom stereocenters.